The number of hydrogen-bond donors (Lipinski definition) is 0. The minimum atomic E-state index is -0.756. The zero-order chi connectivity index (χ0) is 17.2. The van der Waals surface area contributed by atoms with E-state index in [4.69, 9.17) is 0 Å². The number of carbonyl (C=O) groups is 2. The van der Waals surface area contributed by atoms with E-state index in [2.05, 4.69) is 11.9 Å². The normalized spacial score (nSPS) is 19.8. The standard InChI is InChI=1S/C19H27N3O2/c1-15-5-13-22(14-6-15)18(24)19(8-9-19)17(23)21(2)12-7-16-3-10-20-11-4-16/h3-4,10-11,15H,5-9,12-14H2,1-2H3. The van der Waals surface area contributed by atoms with Gasteiger partial charge in [0.1, 0.15) is 5.41 Å². The summed E-state index contributed by atoms with van der Waals surface area (Å²) in [4.78, 5) is 33.4. The lowest BCUT2D eigenvalue weighted by atomic mass is 9.96. The zero-order valence-electron chi connectivity index (χ0n) is 14.7. The van der Waals surface area contributed by atoms with E-state index >= 15 is 0 Å². The number of likely N-dealkylation sites (tertiary alicyclic amines) is 1. The van der Waals surface area contributed by atoms with Crippen molar-refractivity contribution in [1.82, 2.24) is 14.8 Å². The Hall–Kier alpha value is -1.91. The summed E-state index contributed by atoms with van der Waals surface area (Å²) in [5.74, 6) is 0.748. The highest BCUT2D eigenvalue weighted by molar-refractivity contribution is 6.07. The Bertz CT molecular complexity index is 590. The molecule has 0 N–H and O–H groups in total. The quantitative estimate of drug-likeness (QED) is 0.778. The number of carbonyl (C=O) groups excluding carboxylic acids is 2. The Morgan fingerprint density at radius 1 is 1.25 bits per heavy atom. The second kappa shape index (κ2) is 6.91. The number of nitrogens with zero attached hydrogens (tertiary/aromatic N) is 3. The molecule has 3 rings (SSSR count). The van der Waals surface area contributed by atoms with Gasteiger partial charge in [-0.15, -0.1) is 0 Å². The molecule has 0 aromatic carbocycles. The molecule has 1 aromatic rings. The molecule has 1 saturated heterocycles. The first-order chi connectivity index (χ1) is 11.5. The minimum Gasteiger partial charge on any atom is -0.344 e. The van der Waals surface area contributed by atoms with Crippen LogP contribution >= 0.6 is 0 Å². The summed E-state index contributed by atoms with van der Waals surface area (Å²) in [5, 5.41) is 0. The number of aromatic nitrogens is 1. The number of likely N-dealkylation sites (N-methyl/N-ethyl adjacent to an activating group) is 1. The van der Waals surface area contributed by atoms with Crippen LogP contribution in [0.1, 0.15) is 38.2 Å². The fraction of sp³-hybridized carbons (Fsp3) is 0.632. The van der Waals surface area contributed by atoms with Gasteiger partial charge in [0.15, 0.2) is 0 Å². The van der Waals surface area contributed by atoms with Crippen molar-refractivity contribution >= 4 is 11.8 Å². The Balaban J connectivity index is 1.58. The van der Waals surface area contributed by atoms with Crippen LogP contribution in [0.3, 0.4) is 0 Å². The van der Waals surface area contributed by atoms with Crippen LogP contribution in [0.2, 0.25) is 0 Å². The molecule has 0 radical (unpaired) electrons. The molecule has 130 valence electrons. The number of pyridine rings is 1. The summed E-state index contributed by atoms with van der Waals surface area (Å²) in [6, 6.07) is 3.93. The summed E-state index contributed by atoms with van der Waals surface area (Å²) >= 11 is 0. The first kappa shape index (κ1) is 16.9. The lowest BCUT2D eigenvalue weighted by molar-refractivity contribution is -0.149. The third-order valence-electron chi connectivity index (χ3n) is 5.47. The predicted octanol–water partition coefficient (Wildman–Crippen LogP) is 2.12. The largest absolute Gasteiger partial charge is 0.344 e. The highest BCUT2D eigenvalue weighted by Gasteiger charge is 2.59. The van der Waals surface area contributed by atoms with E-state index in [1.807, 2.05) is 24.1 Å². The first-order valence-electron chi connectivity index (χ1n) is 8.97. The van der Waals surface area contributed by atoms with Crippen LogP contribution < -0.4 is 0 Å². The maximum atomic E-state index is 12.9. The molecule has 2 amide bonds. The van der Waals surface area contributed by atoms with Gasteiger partial charge in [-0.3, -0.25) is 14.6 Å². The molecule has 2 fully saturated rings. The maximum absolute atomic E-state index is 12.9. The van der Waals surface area contributed by atoms with Gasteiger partial charge in [0.25, 0.3) is 0 Å². The Labute approximate surface area is 144 Å². The average molecular weight is 329 g/mol. The highest BCUT2D eigenvalue weighted by atomic mass is 16.2. The van der Waals surface area contributed by atoms with E-state index < -0.39 is 5.41 Å². The van der Waals surface area contributed by atoms with Crippen LogP contribution in [0.15, 0.2) is 24.5 Å². The molecule has 1 saturated carbocycles. The first-order valence-corrected chi connectivity index (χ1v) is 8.97. The fourth-order valence-electron chi connectivity index (χ4n) is 3.47. The van der Waals surface area contributed by atoms with Crippen LogP contribution in [-0.2, 0) is 16.0 Å². The van der Waals surface area contributed by atoms with Crippen LogP contribution in [0.4, 0.5) is 0 Å². The second-order valence-electron chi connectivity index (χ2n) is 7.39. The molecule has 0 atom stereocenters. The molecule has 2 aliphatic rings. The monoisotopic (exact) mass is 329 g/mol. The fourth-order valence-corrected chi connectivity index (χ4v) is 3.47. The van der Waals surface area contributed by atoms with Crippen molar-refractivity contribution in [3.05, 3.63) is 30.1 Å². The summed E-state index contributed by atoms with van der Waals surface area (Å²) in [7, 11) is 1.81. The van der Waals surface area contributed by atoms with Crippen molar-refractivity contribution in [1.29, 1.82) is 0 Å². The van der Waals surface area contributed by atoms with Gasteiger partial charge >= 0.3 is 0 Å². The van der Waals surface area contributed by atoms with Gasteiger partial charge in [0, 0.05) is 39.1 Å². The van der Waals surface area contributed by atoms with Crippen molar-refractivity contribution in [3.8, 4) is 0 Å². The molecule has 1 aliphatic carbocycles. The van der Waals surface area contributed by atoms with Gasteiger partial charge in [0.05, 0.1) is 0 Å². The van der Waals surface area contributed by atoms with Crippen LogP contribution in [0.25, 0.3) is 0 Å². The van der Waals surface area contributed by atoms with Gasteiger partial charge in [0.2, 0.25) is 11.8 Å². The lowest BCUT2D eigenvalue weighted by Gasteiger charge is -2.34. The van der Waals surface area contributed by atoms with Gasteiger partial charge < -0.3 is 9.80 Å². The number of piperidine rings is 1. The van der Waals surface area contributed by atoms with E-state index in [0.717, 1.165) is 37.9 Å². The molecule has 2 heterocycles. The van der Waals surface area contributed by atoms with Crippen LogP contribution in [-0.4, -0.2) is 53.3 Å². The van der Waals surface area contributed by atoms with Gasteiger partial charge in [-0.25, -0.2) is 0 Å². The van der Waals surface area contributed by atoms with Gasteiger partial charge in [-0.2, -0.15) is 0 Å². The van der Waals surface area contributed by atoms with Crippen LogP contribution in [0, 0.1) is 11.3 Å². The van der Waals surface area contributed by atoms with E-state index in [-0.39, 0.29) is 11.8 Å². The summed E-state index contributed by atoms with van der Waals surface area (Å²) in [6.07, 6.45) is 7.82. The van der Waals surface area contributed by atoms with Gasteiger partial charge in [-0.05, 0) is 55.7 Å². The highest BCUT2D eigenvalue weighted by Crippen LogP contribution is 2.49. The summed E-state index contributed by atoms with van der Waals surface area (Å²) in [5.41, 5.74) is 0.402. The Morgan fingerprint density at radius 2 is 1.88 bits per heavy atom. The molecular formula is C19H27N3O2. The Morgan fingerprint density at radius 3 is 2.46 bits per heavy atom. The van der Waals surface area contributed by atoms with E-state index in [0.29, 0.717) is 25.3 Å². The third-order valence-corrected chi connectivity index (χ3v) is 5.47. The molecule has 0 bridgehead atoms. The molecule has 0 spiro atoms. The van der Waals surface area contributed by atoms with Crippen molar-refractivity contribution < 1.29 is 9.59 Å². The molecule has 1 aliphatic heterocycles. The Kier molecular flexibility index (Phi) is 4.88. The topological polar surface area (TPSA) is 53.5 Å². The number of hydrogen-bond acceptors (Lipinski definition) is 3. The third kappa shape index (κ3) is 3.45. The molecule has 5 heteroatoms. The molecule has 0 unspecified atom stereocenters. The predicted molar refractivity (Wildman–Crippen MR) is 92.2 cm³/mol. The van der Waals surface area contributed by atoms with E-state index in [9.17, 15) is 9.59 Å². The molecular weight excluding hydrogens is 302 g/mol. The molecule has 5 nitrogen and oxygen atoms in total. The summed E-state index contributed by atoms with van der Waals surface area (Å²) in [6.45, 7) is 4.47. The average Bonchev–Trinajstić information content (AvgIpc) is 3.42. The van der Waals surface area contributed by atoms with E-state index in [1.165, 1.54) is 0 Å². The number of amides is 2. The second-order valence-corrected chi connectivity index (χ2v) is 7.39. The van der Waals surface area contributed by atoms with Crippen LogP contribution in [0.5, 0.6) is 0 Å². The lowest BCUT2D eigenvalue weighted by Crippen LogP contribution is -2.48. The SMILES string of the molecule is CC1CCN(C(=O)C2(C(=O)N(C)CCc3ccncc3)CC2)CC1. The van der Waals surface area contributed by atoms with Crippen molar-refractivity contribution in [3.63, 3.8) is 0 Å². The van der Waals surface area contributed by atoms with Crippen molar-refractivity contribution in [2.45, 2.75) is 39.0 Å². The summed E-state index contributed by atoms with van der Waals surface area (Å²) < 4.78 is 0. The van der Waals surface area contributed by atoms with Gasteiger partial charge in [-0.1, -0.05) is 6.92 Å². The maximum Gasteiger partial charge on any atom is 0.238 e. The zero-order valence-corrected chi connectivity index (χ0v) is 14.7. The van der Waals surface area contributed by atoms with Crippen molar-refractivity contribution in [2.75, 3.05) is 26.7 Å². The minimum absolute atomic E-state index is 0.000165. The van der Waals surface area contributed by atoms with Crippen molar-refractivity contribution in [2.24, 2.45) is 11.3 Å². The number of rotatable bonds is 5. The smallest absolute Gasteiger partial charge is 0.238 e. The molecule has 24 heavy (non-hydrogen) atoms. The molecule has 1 aromatic heterocycles. The van der Waals surface area contributed by atoms with E-state index in [1.54, 1.807) is 17.3 Å².